The number of nitrogens with zero attached hydrogens (tertiary/aromatic N) is 3. The van der Waals surface area contributed by atoms with Crippen molar-refractivity contribution >= 4 is 17.5 Å². The number of aliphatic hydroxyl groups excluding tert-OH is 2. The number of aliphatic hydroxyl groups is 2. The van der Waals surface area contributed by atoms with Crippen LogP contribution in [0.2, 0.25) is 0 Å². The standard InChI is InChI=1S/C48H60FN3O10/c1-6-25-60-48-43(51(5)46(55)59-31-47(2,3)4)28-41(50-61-29-32-17-19-35(20-18-32)52(56)57)38-26-33(13-9-11-23-53)37(15-10-12-24-54)44(45(38)48)39-27-36(21-22-42(39)62-48)58-30-34-14-7-8-16-40(34)49/h6-8,14,16-22,26-27,33,37,43-45,53-54H,1,9-13,15,23-25,28-31H2,2-5H3/t33-,37+,43-,44+,45+,48+/m0/s1. The third-order valence-electron chi connectivity index (χ3n) is 11.9. The third-order valence-corrected chi connectivity index (χ3v) is 11.9. The van der Waals surface area contributed by atoms with Gasteiger partial charge in [0, 0.05) is 55.9 Å². The van der Waals surface area contributed by atoms with Crippen molar-refractivity contribution in [2.24, 2.45) is 28.3 Å². The van der Waals surface area contributed by atoms with Crippen LogP contribution in [-0.2, 0) is 27.5 Å². The highest BCUT2D eigenvalue weighted by Gasteiger charge is 2.65. The first kappa shape index (κ1) is 46.2. The van der Waals surface area contributed by atoms with Crippen LogP contribution in [0.15, 0.2) is 96.2 Å². The monoisotopic (exact) mass is 857 g/mol. The SMILES string of the molecule is C=CCO[C@@]12Oc3ccc(OCc4ccccc4F)cc3[C@H]3[C@H](CCCCO)[C@@H](CCCCO)C=C(C(=NOCc4ccc([N+](=O)[O-])cc4)C[C@@H]1N(C)C(=O)OCC(C)(C)C)[C@H]32. The minimum atomic E-state index is -1.48. The number of carbonyl (C=O) groups is 1. The number of non-ortho nitro benzene ring substituents is 1. The number of nitro benzene ring substituents is 1. The number of hydrogen-bond donors (Lipinski definition) is 2. The summed E-state index contributed by atoms with van der Waals surface area (Å²) < 4.78 is 41.0. The third kappa shape index (κ3) is 10.6. The lowest BCUT2D eigenvalue weighted by atomic mass is 9.55. The van der Waals surface area contributed by atoms with E-state index in [0.29, 0.717) is 41.2 Å². The minimum Gasteiger partial charge on any atom is -0.489 e. The number of carbonyl (C=O) groups excluding carboxylic acids is 1. The summed E-state index contributed by atoms with van der Waals surface area (Å²) in [5.41, 5.74) is 3.03. The van der Waals surface area contributed by atoms with E-state index in [2.05, 4.69) is 12.7 Å². The molecule has 62 heavy (non-hydrogen) atoms. The molecule has 1 amide bonds. The van der Waals surface area contributed by atoms with E-state index >= 15 is 0 Å². The highest BCUT2D eigenvalue weighted by molar-refractivity contribution is 6.03. The Morgan fingerprint density at radius 3 is 2.45 bits per heavy atom. The van der Waals surface area contributed by atoms with Gasteiger partial charge in [-0.25, -0.2) is 9.18 Å². The molecule has 6 atom stereocenters. The fourth-order valence-electron chi connectivity index (χ4n) is 9.00. The Hall–Kier alpha value is -5.31. The average molecular weight is 858 g/mol. The number of amides is 1. The van der Waals surface area contributed by atoms with Gasteiger partial charge < -0.3 is 38.9 Å². The lowest BCUT2D eigenvalue weighted by Crippen LogP contribution is -2.69. The first-order chi connectivity index (χ1) is 29.8. The number of unbranched alkanes of at least 4 members (excludes halogenated alkanes) is 2. The van der Waals surface area contributed by atoms with Gasteiger partial charge in [0.05, 0.1) is 29.8 Å². The topological polar surface area (TPSA) is 162 Å². The molecular weight excluding hydrogens is 798 g/mol. The zero-order valence-electron chi connectivity index (χ0n) is 36.2. The van der Waals surface area contributed by atoms with E-state index < -0.39 is 28.8 Å². The van der Waals surface area contributed by atoms with Gasteiger partial charge in [0.2, 0.25) is 5.79 Å². The van der Waals surface area contributed by atoms with Gasteiger partial charge in [-0.15, -0.1) is 6.58 Å². The normalized spacial score (nSPS) is 23.3. The van der Waals surface area contributed by atoms with Crippen molar-refractivity contribution in [3.05, 3.63) is 124 Å². The molecule has 1 fully saturated rings. The summed E-state index contributed by atoms with van der Waals surface area (Å²) in [6, 6.07) is 17.4. The molecule has 0 radical (unpaired) electrons. The minimum absolute atomic E-state index is 0.00607. The van der Waals surface area contributed by atoms with E-state index in [-0.39, 0.29) is 80.7 Å². The van der Waals surface area contributed by atoms with E-state index in [1.807, 2.05) is 32.9 Å². The second kappa shape index (κ2) is 20.7. The van der Waals surface area contributed by atoms with Crippen molar-refractivity contribution in [2.45, 2.75) is 96.7 Å². The Morgan fingerprint density at radius 2 is 1.77 bits per heavy atom. The van der Waals surface area contributed by atoms with Gasteiger partial charge in [0.1, 0.15) is 36.6 Å². The quantitative estimate of drug-likeness (QED) is 0.0485. The molecule has 2 aliphatic carbocycles. The Bertz CT molecular complexity index is 2090. The highest BCUT2D eigenvalue weighted by atomic mass is 19.1. The van der Waals surface area contributed by atoms with Gasteiger partial charge in [0.25, 0.3) is 5.69 Å². The van der Waals surface area contributed by atoms with Gasteiger partial charge in [-0.3, -0.25) is 10.1 Å². The summed E-state index contributed by atoms with van der Waals surface area (Å²) >= 11 is 0. The van der Waals surface area contributed by atoms with E-state index in [9.17, 15) is 29.5 Å². The van der Waals surface area contributed by atoms with E-state index in [0.717, 1.165) is 36.8 Å². The molecule has 1 aliphatic heterocycles. The molecule has 334 valence electrons. The van der Waals surface area contributed by atoms with Gasteiger partial charge in [-0.2, -0.15) is 0 Å². The molecule has 0 unspecified atom stereocenters. The van der Waals surface area contributed by atoms with Crippen molar-refractivity contribution in [2.75, 3.05) is 33.5 Å². The summed E-state index contributed by atoms with van der Waals surface area (Å²) in [7, 11) is 1.67. The van der Waals surface area contributed by atoms with Crippen LogP contribution in [0.3, 0.4) is 0 Å². The number of likely N-dealkylation sites (N-methyl/N-ethyl adjacent to an activating group) is 1. The number of fused-ring (bicyclic) bond motifs is 2. The number of benzene rings is 3. The van der Waals surface area contributed by atoms with Crippen LogP contribution in [0, 0.1) is 39.1 Å². The Morgan fingerprint density at radius 1 is 1.05 bits per heavy atom. The lowest BCUT2D eigenvalue weighted by Gasteiger charge is -2.59. The molecule has 2 N–H and O–H groups in total. The predicted octanol–water partition coefficient (Wildman–Crippen LogP) is 9.26. The van der Waals surface area contributed by atoms with Crippen molar-refractivity contribution < 1.29 is 48.1 Å². The smallest absolute Gasteiger partial charge is 0.410 e. The predicted molar refractivity (Wildman–Crippen MR) is 232 cm³/mol. The fourth-order valence-corrected chi connectivity index (χ4v) is 9.00. The maximum absolute atomic E-state index is 14.7. The van der Waals surface area contributed by atoms with Crippen LogP contribution in [0.4, 0.5) is 14.9 Å². The number of hydrogen-bond acceptors (Lipinski definition) is 11. The number of oxime groups is 1. The van der Waals surface area contributed by atoms with Gasteiger partial charge in [0.15, 0.2) is 0 Å². The summed E-state index contributed by atoms with van der Waals surface area (Å²) in [5, 5.41) is 35.9. The number of halogens is 1. The first-order valence-electron chi connectivity index (χ1n) is 21.5. The number of nitro groups is 1. The van der Waals surface area contributed by atoms with Crippen LogP contribution in [0.1, 0.15) is 88.3 Å². The maximum Gasteiger partial charge on any atom is 0.410 e. The Kier molecular flexibility index (Phi) is 15.4. The van der Waals surface area contributed by atoms with Crippen molar-refractivity contribution in [3.63, 3.8) is 0 Å². The van der Waals surface area contributed by atoms with Crippen LogP contribution >= 0.6 is 0 Å². The van der Waals surface area contributed by atoms with Crippen molar-refractivity contribution in [3.8, 4) is 11.5 Å². The largest absolute Gasteiger partial charge is 0.489 e. The molecule has 6 rings (SSSR count). The fraction of sp³-hybridized carbons (Fsp3) is 0.500. The molecular formula is C48H60FN3O10. The Balaban J connectivity index is 1.52. The molecule has 0 aromatic heterocycles. The molecule has 0 spiro atoms. The highest BCUT2D eigenvalue weighted by Crippen LogP contribution is 2.62. The van der Waals surface area contributed by atoms with Crippen molar-refractivity contribution in [1.29, 1.82) is 0 Å². The molecule has 3 aromatic rings. The lowest BCUT2D eigenvalue weighted by molar-refractivity contribution is -0.384. The molecule has 1 heterocycles. The molecule has 1 saturated carbocycles. The first-order valence-corrected chi connectivity index (χ1v) is 21.5. The summed E-state index contributed by atoms with van der Waals surface area (Å²) in [5.74, 6) is -1.68. The zero-order chi connectivity index (χ0) is 44.4. The van der Waals surface area contributed by atoms with Crippen LogP contribution < -0.4 is 9.47 Å². The molecule has 3 aliphatic rings. The van der Waals surface area contributed by atoms with E-state index in [1.165, 1.54) is 23.1 Å². The van der Waals surface area contributed by atoms with Gasteiger partial charge >= 0.3 is 6.09 Å². The van der Waals surface area contributed by atoms with Crippen LogP contribution in [0.5, 0.6) is 11.5 Å². The summed E-state index contributed by atoms with van der Waals surface area (Å²) in [4.78, 5) is 32.5. The van der Waals surface area contributed by atoms with Crippen molar-refractivity contribution in [1.82, 2.24) is 4.90 Å². The molecule has 3 aromatic carbocycles. The van der Waals surface area contributed by atoms with E-state index in [4.69, 9.17) is 28.9 Å². The molecule has 0 bridgehead atoms. The molecule has 0 saturated heterocycles. The number of ether oxygens (including phenoxy) is 4. The molecule has 13 nitrogen and oxygen atoms in total. The number of allylic oxidation sites excluding steroid dienone is 1. The second-order valence-electron chi connectivity index (χ2n) is 17.6. The second-order valence-corrected chi connectivity index (χ2v) is 17.6. The maximum atomic E-state index is 14.7. The number of rotatable bonds is 20. The van der Waals surface area contributed by atoms with Gasteiger partial charge in [-0.1, -0.05) is 69.1 Å². The summed E-state index contributed by atoms with van der Waals surface area (Å²) in [6.07, 6.45) is 7.72. The van der Waals surface area contributed by atoms with Crippen LogP contribution in [-0.4, -0.2) is 77.1 Å². The van der Waals surface area contributed by atoms with Gasteiger partial charge in [-0.05, 0) is 90.5 Å². The Labute approximate surface area is 363 Å². The zero-order valence-corrected chi connectivity index (χ0v) is 36.2. The van der Waals surface area contributed by atoms with Crippen LogP contribution in [0.25, 0.3) is 0 Å². The van der Waals surface area contributed by atoms with E-state index in [1.54, 1.807) is 49.5 Å². The molecule has 14 heteroatoms. The summed E-state index contributed by atoms with van der Waals surface area (Å²) in [6.45, 7) is 10.3. The average Bonchev–Trinajstić information content (AvgIpc) is 3.25.